The quantitative estimate of drug-likeness (QED) is 0.835. The monoisotopic (exact) mass is 393 g/mol. The molecular formula is C20H23N7S. The molecule has 28 heavy (non-hydrogen) atoms. The first-order valence-electron chi connectivity index (χ1n) is 9.66. The topological polar surface area (TPSA) is 68.7 Å². The number of hydrogen-bond donors (Lipinski definition) is 2. The van der Waals surface area contributed by atoms with E-state index in [9.17, 15) is 0 Å². The summed E-state index contributed by atoms with van der Waals surface area (Å²) >= 11 is 1.49. The van der Waals surface area contributed by atoms with Crippen molar-refractivity contribution in [3.8, 4) is 0 Å². The minimum absolute atomic E-state index is 0.323. The van der Waals surface area contributed by atoms with Crippen LogP contribution in [0.2, 0.25) is 0 Å². The number of fused-ring (bicyclic) bond motifs is 1. The van der Waals surface area contributed by atoms with Gasteiger partial charge >= 0.3 is 0 Å². The van der Waals surface area contributed by atoms with Crippen molar-refractivity contribution in [1.29, 1.82) is 0 Å². The summed E-state index contributed by atoms with van der Waals surface area (Å²) in [6, 6.07) is 10.8. The Labute approximate surface area is 168 Å². The van der Waals surface area contributed by atoms with Crippen LogP contribution in [0.1, 0.15) is 24.2 Å². The molecule has 8 heteroatoms. The Kier molecular flexibility index (Phi) is 4.48. The van der Waals surface area contributed by atoms with Crippen molar-refractivity contribution >= 4 is 28.2 Å². The SMILES string of the molecule is Cc1nsc(N2CCC(N=C3NC4=CC(c5ccccc5)=CCN4N3)CC2)n1. The van der Waals surface area contributed by atoms with Crippen LogP contribution >= 0.6 is 11.5 Å². The fourth-order valence-corrected chi connectivity index (χ4v) is 4.46. The molecule has 0 unspecified atom stereocenters. The van der Waals surface area contributed by atoms with Gasteiger partial charge in [0.05, 0.1) is 12.6 Å². The Morgan fingerprint density at radius 3 is 2.75 bits per heavy atom. The largest absolute Gasteiger partial charge is 0.347 e. The molecule has 0 atom stereocenters. The van der Waals surface area contributed by atoms with Gasteiger partial charge in [0.15, 0.2) is 0 Å². The van der Waals surface area contributed by atoms with Crippen LogP contribution in [-0.2, 0) is 0 Å². The van der Waals surface area contributed by atoms with Gasteiger partial charge in [0.1, 0.15) is 11.6 Å². The van der Waals surface area contributed by atoms with Gasteiger partial charge in [0.25, 0.3) is 0 Å². The average molecular weight is 394 g/mol. The van der Waals surface area contributed by atoms with E-state index in [2.05, 4.69) is 66.4 Å². The Balaban J connectivity index is 1.22. The highest BCUT2D eigenvalue weighted by Crippen LogP contribution is 2.25. The molecule has 0 spiro atoms. The van der Waals surface area contributed by atoms with Crippen LogP contribution in [-0.4, -0.2) is 46.0 Å². The van der Waals surface area contributed by atoms with Crippen molar-refractivity contribution in [3.63, 3.8) is 0 Å². The lowest BCUT2D eigenvalue weighted by Gasteiger charge is -2.29. The molecular weight excluding hydrogens is 370 g/mol. The summed E-state index contributed by atoms with van der Waals surface area (Å²) in [4.78, 5) is 11.7. The zero-order valence-electron chi connectivity index (χ0n) is 15.8. The molecule has 0 saturated carbocycles. The molecule has 0 aliphatic carbocycles. The number of benzene rings is 1. The lowest BCUT2D eigenvalue weighted by molar-refractivity contribution is 0.354. The first-order chi connectivity index (χ1) is 13.7. The van der Waals surface area contributed by atoms with Crippen LogP contribution in [0.3, 0.4) is 0 Å². The second-order valence-electron chi connectivity index (χ2n) is 7.22. The maximum absolute atomic E-state index is 4.92. The van der Waals surface area contributed by atoms with Crippen molar-refractivity contribution in [1.82, 2.24) is 25.1 Å². The number of anilines is 1. The predicted octanol–water partition coefficient (Wildman–Crippen LogP) is 2.52. The Bertz CT molecular complexity index is 938. The van der Waals surface area contributed by atoms with E-state index < -0.39 is 0 Å². The molecule has 5 rings (SSSR count). The zero-order valence-corrected chi connectivity index (χ0v) is 16.6. The summed E-state index contributed by atoms with van der Waals surface area (Å²) in [5.41, 5.74) is 5.86. The van der Waals surface area contributed by atoms with Crippen molar-refractivity contribution in [2.75, 3.05) is 24.5 Å². The van der Waals surface area contributed by atoms with E-state index in [1.165, 1.54) is 22.7 Å². The normalized spacial score (nSPS) is 21.1. The van der Waals surface area contributed by atoms with E-state index in [0.29, 0.717) is 6.04 Å². The van der Waals surface area contributed by atoms with Crippen molar-refractivity contribution < 1.29 is 0 Å². The lowest BCUT2D eigenvalue weighted by Crippen LogP contribution is -2.38. The number of rotatable bonds is 3. The maximum Gasteiger partial charge on any atom is 0.216 e. The first kappa shape index (κ1) is 17.2. The summed E-state index contributed by atoms with van der Waals surface area (Å²) in [5.74, 6) is 2.76. The second-order valence-corrected chi connectivity index (χ2v) is 7.95. The molecule has 2 aromatic rings. The highest BCUT2D eigenvalue weighted by Gasteiger charge is 2.26. The minimum atomic E-state index is 0.323. The van der Waals surface area contributed by atoms with Gasteiger partial charge in [-0.2, -0.15) is 4.37 Å². The van der Waals surface area contributed by atoms with E-state index in [-0.39, 0.29) is 0 Å². The van der Waals surface area contributed by atoms with Gasteiger partial charge in [-0.25, -0.2) is 9.98 Å². The molecule has 7 nitrogen and oxygen atoms in total. The molecule has 144 valence electrons. The molecule has 4 heterocycles. The number of hydrazine groups is 1. The van der Waals surface area contributed by atoms with E-state index in [4.69, 9.17) is 4.99 Å². The highest BCUT2D eigenvalue weighted by atomic mass is 32.1. The van der Waals surface area contributed by atoms with Crippen LogP contribution in [0.5, 0.6) is 0 Å². The number of allylic oxidation sites excluding steroid dienone is 2. The lowest BCUT2D eigenvalue weighted by atomic mass is 10.0. The van der Waals surface area contributed by atoms with E-state index in [1.807, 2.05) is 13.0 Å². The minimum Gasteiger partial charge on any atom is -0.347 e. The van der Waals surface area contributed by atoms with Gasteiger partial charge in [0.2, 0.25) is 11.1 Å². The third kappa shape index (κ3) is 3.47. The first-order valence-corrected chi connectivity index (χ1v) is 10.4. The number of nitrogens with one attached hydrogen (secondary N) is 2. The third-order valence-corrected chi connectivity index (χ3v) is 6.10. The molecule has 2 fully saturated rings. The molecule has 0 amide bonds. The summed E-state index contributed by atoms with van der Waals surface area (Å²) in [6.45, 7) is 4.71. The van der Waals surface area contributed by atoms with Crippen molar-refractivity contribution in [3.05, 3.63) is 59.7 Å². The van der Waals surface area contributed by atoms with Crippen molar-refractivity contribution in [2.24, 2.45) is 4.99 Å². The third-order valence-electron chi connectivity index (χ3n) is 5.23. The Hall–Kier alpha value is -2.87. The zero-order chi connectivity index (χ0) is 18.9. The van der Waals surface area contributed by atoms with Crippen LogP contribution in [0.15, 0.2) is 53.3 Å². The van der Waals surface area contributed by atoms with Crippen LogP contribution in [0.4, 0.5) is 5.13 Å². The molecule has 2 N–H and O–H groups in total. The number of guanidine groups is 1. The number of hydrogen-bond acceptors (Lipinski definition) is 6. The van der Waals surface area contributed by atoms with E-state index in [0.717, 1.165) is 55.2 Å². The fourth-order valence-electron chi connectivity index (χ4n) is 3.73. The maximum atomic E-state index is 4.92. The summed E-state index contributed by atoms with van der Waals surface area (Å²) in [7, 11) is 0. The van der Waals surface area contributed by atoms with Gasteiger partial charge < -0.3 is 10.2 Å². The Morgan fingerprint density at radius 1 is 1.18 bits per heavy atom. The fraction of sp³-hybridized carbons (Fsp3) is 0.350. The van der Waals surface area contributed by atoms with E-state index in [1.54, 1.807) is 0 Å². The number of aryl methyl sites for hydroxylation is 1. The molecule has 1 aromatic heterocycles. The van der Waals surface area contributed by atoms with Crippen molar-refractivity contribution in [2.45, 2.75) is 25.8 Å². The summed E-state index contributed by atoms with van der Waals surface area (Å²) in [6.07, 6.45) is 6.46. The summed E-state index contributed by atoms with van der Waals surface area (Å²) in [5, 5.41) is 6.57. The van der Waals surface area contributed by atoms with Crippen LogP contribution < -0.4 is 15.6 Å². The van der Waals surface area contributed by atoms with Crippen LogP contribution in [0.25, 0.3) is 5.57 Å². The van der Waals surface area contributed by atoms with Gasteiger partial charge in [-0.15, -0.1) is 0 Å². The highest BCUT2D eigenvalue weighted by molar-refractivity contribution is 7.09. The number of nitrogens with zero attached hydrogens (tertiary/aromatic N) is 5. The number of aliphatic imine (C=N–C) groups is 1. The molecule has 0 radical (unpaired) electrons. The van der Waals surface area contributed by atoms with Gasteiger partial charge in [-0.3, -0.25) is 10.4 Å². The smallest absolute Gasteiger partial charge is 0.216 e. The average Bonchev–Trinajstić information content (AvgIpc) is 3.34. The molecule has 1 aromatic carbocycles. The predicted molar refractivity (Wildman–Crippen MR) is 113 cm³/mol. The second kappa shape index (κ2) is 7.27. The molecule has 0 bridgehead atoms. The van der Waals surface area contributed by atoms with Gasteiger partial charge in [-0.1, -0.05) is 36.4 Å². The van der Waals surface area contributed by atoms with E-state index >= 15 is 0 Å². The summed E-state index contributed by atoms with van der Waals surface area (Å²) < 4.78 is 4.29. The van der Waals surface area contributed by atoms with Gasteiger partial charge in [-0.05, 0) is 37.0 Å². The molecule has 3 aliphatic rings. The standard InChI is InChI=1S/C20H23N7S/c1-14-21-20(28-25-14)26-10-8-17(9-11-26)22-19-23-18-13-16(7-12-27(18)24-19)15-5-3-2-4-6-15/h2-7,13,17H,8-12H2,1H3,(H2,22,23,24). The Morgan fingerprint density at radius 2 is 2.00 bits per heavy atom. The molecule has 2 saturated heterocycles. The molecule has 3 aliphatic heterocycles. The number of aromatic nitrogens is 2. The number of piperidine rings is 1. The van der Waals surface area contributed by atoms with Crippen LogP contribution in [0, 0.1) is 6.92 Å². The van der Waals surface area contributed by atoms with Gasteiger partial charge in [0, 0.05) is 24.6 Å².